The van der Waals surface area contributed by atoms with Crippen molar-refractivity contribution in [2.45, 2.75) is 32.4 Å². The van der Waals surface area contributed by atoms with Crippen molar-refractivity contribution in [2.75, 3.05) is 47.5 Å². The molecule has 0 radical (unpaired) electrons. The van der Waals surface area contributed by atoms with Gasteiger partial charge in [0.2, 0.25) is 0 Å². The maximum atomic E-state index is 5.65. The largest absolute Gasteiger partial charge is 0.496 e. The zero-order valence-electron chi connectivity index (χ0n) is 19.7. The Morgan fingerprint density at radius 3 is 2.44 bits per heavy atom. The van der Waals surface area contributed by atoms with Gasteiger partial charge >= 0.3 is 0 Å². The molecule has 1 aliphatic rings. The summed E-state index contributed by atoms with van der Waals surface area (Å²) in [5, 5.41) is 6.92. The van der Waals surface area contributed by atoms with Crippen LogP contribution in [0.3, 0.4) is 0 Å². The zero-order valence-corrected chi connectivity index (χ0v) is 19.7. The van der Waals surface area contributed by atoms with E-state index < -0.39 is 0 Å². The highest BCUT2D eigenvalue weighted by atomic mass is 16.5. The molecule has 1 fully saturated rings. The summed E-state index contributed by atoms with van der Waals surface area (Å²) in [5.74, 6) is 3.18. The van der Waals surface area contributed by atoms with Crippen molar-refractivity contribution in [3.8, 4) is 17.2 Å². The zero-order chi connectivity index (χ0) is 22.8. The van der Waals surface area contributed by atoms with E-state index in [1.807, 2.05) is 37.3 Å². The van der Waals surface area contributed by atoms with E-state index in [9.17, 15) is 0 Å². The summed E-state index contributed by atoms with van der Waals surface area (Å²) < 4.78 is 16.7. The Bertz CT molecular complexity index is 881. The van der Waals surface area contributed by atoms with Crippen LogP contribution in [0.15, 0.2) is 47.5 Å². The SMILES string of the molecule is CCOc1ccc(CNC(=NC)NCC(c2ccccc2OC)N2CCCC2)cc1OC. The van der Waals surface area contributed by atoms with Gasteiger partial charge in [0.25, 0.3) is 0 Å². The first-order chi connectivity index (χ1) is 15.7. The molecule has 1 atom stereocenters. The van der Waals surface area contributed by atoms with E-state index in [4.69, 9.17) is 14.2 Å². The van der Waals surface area contributed by atoms with E-state index in [0.29, 0.717) is 13.2 Å². The summed E-state index contributed by atoms with van der Waals surface area (Å²) in [7, 11) is 5.19. The Balaban J connectivity index is 1.65. The fraction of sp³-hybridized carbons (Fsp3) is 0.480. The van der Waals surface area contributed by atoms with Crippen molar-refractivity contribution >= 4 is 5.96 Å². The smallest absolute Gasteiger partial charge is 0.191 e. The van der Waals surface area contributed by atoms with Gasteiger partial charge in [0.15, 0.2) is 17.5 Å². The van der Waals surface area contributed by atoms with Crippen LogP contribution < -0.4 is 24.8 Å². The van der Waals surface area contributed by atoms with Crippen LogP contribution in [0.2, 0.25) is 0 Å². The number of guanidine groups is 1. The number of para-hydroxylation sites is 1. The molecule has 0 aliphatic carbocycles. The van der Waals surface area contributed by atoms with E-state index in [2.05, 4.69) is 32.7 Å². The van der Waals surface area contributed by atoms with Gasteiger partial charge in [0.1, 0.15) is 5.75 Å². The first-order valence-corrected chi connectivity index (χ1v) is 11.3. The lowest BCUT2D eigenvalue weighted by Crippen LogP contribution is -2.42. The highest BCUT2D eigenvalue weighted by Crippen LogP contribution is 2.31. The summed E-state index contributed by atoms with van der Waals surface area (Å²) in [5.41, 5.74) is 2.30. The van der Waals surface area contributed by atoms with E-state index in [1.54, 1.807) is 21.3 Å². The number of nitrogens with zero attached hydrogens (tertiary/aromatic N) is 2. The molecule has 174 valence electrons. The van der Waals surface area contributed by atoms with E-state index in [0.717, 1.165) is 48.4 Å². The summed E-state index contributed by atoms with van der Waals surface area (Å²) in [4.78, 5) is 6.94. The quantitative estimate of drug-likeness (QED) is 0.435. The van der Waals surface area contributed by atoms with Crippen LogP contribution in [0.25, 0.3) is 0 Å². The van der Waals surface area contributed by atoms with Gasteiger partial charge in [-0.3, -0.25) is 9.89 Å². The van der Waals surface area contributed by atoms with Crippen LogP contribution >= 0.6 is 0 Å². The number of hydrogen-bond donors (Lipinski definition) is 2. The predicted molar refractivity (Wildman–Crippen MR) is 129 cm³/mol. The molecule has 2 aromatic rings. The molecule has 1 unspecified atom stereocenters. The molecule has 3 rings (SSSR count). The maximum absolute atomic E-state index is 5.65. The lowest BCUT2D eigenvalue weighted by atomic mass is 10.0. The fourth-order valence-corrected chi connectivity index (χ4v) is 4.13. The minimum Gasteiger partial charge on any atom is -0.496 e. The van der Waals surface area contributed by atoms with E-state index >= 15 is 0 Å². The molecule has 0 amide bonds. The van der Waals surface area contributed by atoms with Crippen molar-refractivity contribution < 1.29 is 14.2 Å². The minimum atomic E-state index is 0.220. The molecular formula is C25H36N4O3. The van der Waals surface area contributed by atoms with Crippen molar-refractivity contribution in [3.05, 3.63) is 53.6 Å². The lowest BCUT2D eigenvalue weighted by Gasteiger charge is -2.30. The topological polar surface area (TPSA) is 67.3 Å². The summed E-state index contributed by atoms with van der Waals surface area (Å²) in [6, 6.07) is 14.5. The maximum Gasteiger partial charge on any atom is 0.191 e. The number of likely N-dealkylation sites (tertiary alicyclic amines) is 1. The summed E-state index contributed by atoms with van der Waals surface area (Å²) in [6.45, 7) is 6.14. The molecule has 1 heterocycles. The third-order valence-corrected chi connectivity index (χ3v) is 5.75. The summed E-state index contributed by atoms with van der Waals surface area (Å²) in [6.07, 6.45) is 2.47. The first kappa shape index (κ1) is 23.7. The predicted octanol–water partition coefficient (Wildman–Crippen LogP) is 3.60. The van der Waals surface area contributed by atoms with Crippen molar-refractivity contribution in [3.63, 3.8) is 0 Å². The van der Waals surface area contributed by atoms with Crippen LogP contribution in [0, 0.1) is 0 Å². The van der Waals surface area contributed by atoms with Crippen LogP contribution in [-0.4, -0.2) is 58.4 Å². The van der Waals surface area contributed by atoms with Gasteiger partial charge in [0, 0.05) is 25.7 Å². The van der Waals surface area contributed by atoms with Crippen LogP contribution in [-0.2, 0) is 6.54 Å². The molecule has 7 nitrogen and oxygen atoms in total. The van der Waals surface area contributed by atoms with Gasteiger partial charge in [-0.25, -0.2) is 0 Å². The number of benzene rings is 2. The molecule has 32 heavy (non-hydrogen) atoms. The highest BCUT2D eigenvalue weighted by molar-refractivity contribution is 5.79. The van der Waals surface area contributed by atoms with Crippen molar-refractivity contribution in [1.29, 1.82) is 0 Å². The Morgan fingerprint density at radius 1 is 1.00 bits per heavy atom. The van der Waals surface area contributed by atoms with Gasteiger partial charge < -0.3 is 24.8 Å². The van der Waals surface area contributed by atoms with E-state index in [-0.39, 0.29) is 6.04 Å². The van der Waals surface area contributed by atoms with E-state index in [1.165, 1.54) is 18.4 Å². The van der Waals surface area contributed by atoms with Gasteiger partial charge in [-0.05, 0) is 56.6 Å². The molecular weight excluding hydrogens is 404 g/mol. The average molecular weight is 441 g/mol. The summed E-state index contributed by atoms with van der Waals surface area (Å²) >= 11 is 0. The Kier molecular flexibility index (Phi) is 9.04. The second-order valence-electron chi connectivity index (χ2n) is 7.73. The average Bonchev–Trinajstić information content (AvgIpc) is 3.37. The monoisotopic (exact) mass is 440 g/mol. The van der Waals surface area contributed by atoms with Gasteiger partial charge in [0.05, 0.1) is 26.9 Å². The second kappa shape index (κ2) is 12.2. The third-order valence-electron chi connectivity index (χ3n) is 5.75. The number of hydrogen-bond acceptors (Lipinski definition) is 5. The Labute approximate surface area is 191 Å². The Morgan fingerprint density at radius 2 is 1.75 bits per heavy atom. The second-order valence-corrected chi connectivity index (χ2v) is 7.73. The van der Waals surface area contributed by atoms with Gasteiger partial charge in [-0.2, -0.15) is 0 Å². The molecule has 2 N–H and O–H groups in total. The molecule has 1 saturated heterocycles. The van der Waals surface area contributed by atoms with Crippen molar-refractivity contribution in [2.24, 2.45) is 4.99 Å². The van der Waals surface area contributed by atoms with Crippen LogP contribution in [0.5, 0.6) is 17.2 Å². The molecule has 1 aliphatic heterocycles. The molecule has 0 aromatic heterocycles. The normalized spacial score (nSPS) is 15.3. The molecule has 0 bridgehead atoms. The standard InChI is InChI=1S/C25H36N4O3/c1-5-32-23-13-12-19(16-24(23)31-4)17-27-25(26-2)28-18-21(29-14-8-9-15-29)20-10-6-7-11-22(20)30-3/h6-7,10-13,16,21H,5,8-9,14-15,17-18H2,1-4H3,(H2,26,27,28). The number of methoxy groups -OCH3 is 2. The number of rotatable bonds is 10. The lowest BCUT2D eigenvalue weighted by molar-refractivity contribution is 0.239. The molecule has 0 spiro atoms. The minimum absolute atomic E-state index is 0.220. The molecule has 0 saturated carbocycles. The fourth-order valence-electron chi connectivity index (χ4n) is 4.13. The molecule has 2 aromatic carbocycles. The number of aliphatic imine (C=N–C) groups is 1. The van der Waals surface area contributed by atoms with Crippen LogP contribution in [0.1, 0.15) is 36.9 Å². The first-order valence-electron chi connectivity index (χ1n) is 11.3. The third kappa shape index (κ3) is 6.07. The Hall–Kier alpha value is -2.93. The number of nitrogens with one attached hydrogen (secondary N) is 2. The van der Waals surface area contributed by atoms with Gasteiger partial charge in [-0.1, -0.05) is 24.3 Å². The number of ether oxygens (including phenoxy) is 3. The van der Waals surface area contributed by atoms with Gasteiger partial charge in [-0.15, -0.1) is 0 Å². The van der Waals surface area contributed by atoms with Crippen LogP contribution in [0.4, 0.5) is 0 Å². The molecule has 7 heteroatoms. The van der Waals surface area contributed by atoms with Crippen molar-refractivity contribution in [1.82, 2.24) is 15.5 Å². The highest BCUT2D eigenvalue weighted by Gasteiger charge is 2.26.